The Labute approximate surface area is 95.6 Å². The minimum absolute atomic E-state index is 0.142. The summed E-state index contributed by atoms with van der Waals surface area (Å²) in [4.78, 5) is 0. The van der Waals surface area contributed by atoms with Gasteiger partial charge in [0.15, 0.2) is 5.67 Å². The number of hydrogen-bond donors (Lipinski definition) is 0. The van der Waals surface area contributed by atoms with E-state index in [1.54, 1.807) is 0 Å². The van der Waals surface area contributed by atoms with Gasteiger partial charge in [-0.3, -0.25) is 0 Å². The monoisotopic (exact) mass is 217 g/mol. The second kappa shape index (κ2) is 3.45. The van der Waals surface area contributed by atoms with Crippen LogP contribution in [0.4, 0.5) is 4.39 Å². The molecule has 0 aliphatic heterocycles. The van der Waals surface area contributed by atoms with E-state index in [0.29, 0.717) is 6.42 Å². The normalized spacial score (nSPS) is 41.5. The molecule has 1 fully saturated rings. The number of halogens is 1. The van der Waals surface area contributed by atoms with Crippen LogP contribution < -0.4 is 0 Å². The number of fused-ring (bicyclic) bond motifs is 1. The average molecular weight is 217 g/mol. The van der Waals surface area contributed by atoms with Crippen LogP contribution in [0.15, 0.2) is 23.3 Å². The van der Waals surface area contributed by atoms with Crippen molar-refractivity contribution >= 4 is 0 Å². The van der Waals surface area contributed by atoms with Crippen molar-refractivity contribution in [2.45, 2.75) is 44.2 Å². The molecule has 1 atom stereocenters. The summed E-state index contributed by atoms with van der Waals surface area (Å²) in [6.45, 7) is 0. The van der Waals surface area contributed by atoms with Crippen molar-refractivity contribution < 1.29 is 4.39 Å². The maximum atomic E-state index is 15.0. The fourth-order valence-electron chi connectivity index (χ4n) is 3.42. The SMILES string of the molecule is N#CC1CC2(F)C3=CC1C=C2CCCCC3. The molecule has 0 spiro atoms. The molecule has 0 aromatic heterocycles. The highest BCUT2D eigenvalue weighted by Crippen LogP contribution is 2.52. The zero-order chi connectivity index (χ0) is 11.2. The van der Waals surface area contributed by atoms with Crippen LogP contribution in [0.1, 0.15) is 38.5 Å². The van der Waals surface area contributed by atoms with Crippen molar-refractivity contribution in [2.75, 3.05) is 0 Å². The first-order valence-electron chi connectivity index (χ1n) is 6.25. The molecule has 2 heteroatoms. The Kier molecular flexibility index (Phi) is 2.17. The van der Waals surface area contributed by atoms with Gasteiger partial charge >= 0.3 is 0 Å². The van der Waals surface area contributed by atoms with E-state index < -0.39 is 5.67 Å². The molecule has 84 valence electrons. The van der Waals surface area contributed by atoms with Crippen molar-refractivity contribution in [3.05, 3.63) is 23.3 Å². The Morgan fingerprint density at radius 2 is 1.81 bits per heavy atom. The molecular weight excluding hydrogens is 201 g/mol. The molecule has 4 aliphatic rings. The zero-order valence-electron chi connectivity index (χ0n) is 9.38. The summed E-state index contributed by atoms with van der Waals surface area (Å²) in [6, 6.07) is 2.26. The lowest BCUT2D eigenvalue weighted by molar-refractivity contribution is 0.166. The van der Waals surface area contributed by atoms with Gasteiger partial charge in [0, 0.05) is 12.3 Å². The summed E-state index contributed by atoms with van der Waals surface area (Å²) in [5.41, 5.74) is 0.692. The Hall–Kier alpha value is -1.10. The number of nitrogens with zero attached hydrogens (tertiary/aromatic N) is 1. The van der Waals surface area contributed by atoms with Crippen LogP contribution in [0.3, 0.4) is 0 Å². The largest absolute Gasteiger partial charge is 0.234 e. The van der Waals surface area contributed by atoms with Crippen molar-refractivity contribution in [3.8, 4) is 6.07 Å². The van der Waals surface area contributed by atoms with Gasteiger partial charge in [-0.15, -0.1) is 0 Å². The molecular formula is C14H16FN. The lowest BCUT2D eigenvalue weighted by Gasteiger charge is -2.44. The molecule has 16 heavy (non-hydrogen) atoms. The summed E-state index contributed by atoms with van der Waals surface area (Å²) in [6.07, 6.45) is 9.68. The molecule has 0 N–H and O–H groups in total. The molecule has 1 unspecified atom stereocenters. The molecule has 0 radical (unpaired) electrons. The molecule has 0 saturated heterocycles. The number of allylic oxidation sites excluding steroid dienone is 4. The lowest BCUT2D eigenvalue weighted by Crippen LogP contribution is -2.42. The second-order valence-corrected chi connectivity index (χ2v) is 5.26. The van der Waals surface area contributed by atoms with Gasteiger partial charge in [-0.2, -0.15) is 5.26 Å². The zero-order valence-corrected chi connectivity index (χ0v) is 9.38. The first-order valence-corrected chi connectivity index (χ1v) is 6.25. The van der Waals surface area contributed by atoms with Crippen LogP contribution >= 0.6 is 0 Å². The van der Waals surface area contributed by atoms with Gasteiger partial charge in [0.05, 0.1) is 12.0 Å². The third-order valence-electron chi connectivity index (χ3n) is 4.33. The molecule has 0 aromatic carbocycles. The van der Waals surface area contributed by atoms with Gasteiger partial charge in [0.25, 0.3) is 0 Å². The van der Waals surface area contributed by atoms with E-state index in [2.05, 4.69) is 6.07 Å². The van der Waals surface area contributed by atoms with Gasteiger partial charge in [-0.05, 0) is 36.8 Å². The number of alkyl halides is 1. The average Bonchev–Trinajstić information content (AvgIpc) is 2.29. The molecule has 0 heterocycles. The minimum atomic E-state index is -1.25. The van der Waals surface area contributed by atoms with Crippen molar-refractivity contribution in [3.63, 3.8) is 0 Å². The van der Waals surface area contributed by atoms with E-state index in [9.17, 15) is 0 Å². The summed E-state index contributed by atoms with van der Waals surface area (Å²) in [5, 5.41) is 9.04. The van der Waals surface area contributed by atoms with Crippen LogP contribution in [0.2, 0.25) is 0 Å². The second-order valence-electron chi connectivity index (χ2n) is 5.26. The van der Waals surface area contributed by atoms with Crippen molar-refractivity contribution in [1.29, 1.82) is 5.26 Å². The maximum Gasteiger partial charge on any atom is 0.154 e. The predicted molar refractivity (Wildman–Crippen MR) is 60.3 cm³/mol. The molecule has 1 nitrogen and oxygen atoms in total. The predicted octanol–water partition coefficient (Wildman–Crippen LogP) is 3.68. The molecule has 4 rings (SSSR count). The van der Waals surface area contributed by atoms with Gasteiger partial charge in [0.1, 0.15) is 0 Å². The first-order chi connectivity index (χ1) is 7.74. The van der Waals surface area contributed by atoms with Crippen molar-refractivity contribution in [1.82, 2.24) is 0 Å². The molecule has 1 saturated carbocycles. The Morgan fingerprint density at radius 1 is 1.19 bits per heavy atom. The number of nitriles is 1. The third-order valence-corrected chi connectivity index (χ3v) is 4.33. The van der Waals surface area contributed by atoms with Gasteiger partial charge in [0.2, 0.25) is 0 Å². The standard InChI is InChI=1S/C14H16FN/c15-14-8-11(9-16)10-6-12(14)4-2-1-3-5-13(14)7-10/h6-7,10-11H,1-5,8H2. The highest BCUT2D eigenvalue weighted by atomic mass is 19.1. The van der Waals surface area contributed by atoms with Gasteiger partial charge in [-0.25, -0.2) is 4.39 Å². The fraction of sp³-hybridized carbons (Fsp3) is 0.643. The summed E-state index contributed by atoms with van der Waals surface area (Å²) >= 11 is 0. The van der Waals surface area contributed by atoms with Crippen LogP contribution in [-0.2, 0) is 0 Å². The molecule has 0 aromatic rings. The first kappa shape index (κ1) is 10.1. The van der Waals surface area contributed by atoms with Crippen LogP contribution in [0, 0.1) is 23.2 Å². The minimum Gasteiger partial charge on any atom is -0.234 e. The van der Waals surface area contributed by atoms with Gasteiger partial charge < -0.3 is 0 Å². The van der Waals surface area contributed by atoms with Crippen LogP contribution in [0.5, 0.6) is 0 Å². The van der Waals surface area contributed by atoms with E-state index >= 15 is 4.39 Å². The van der Waals surface area contributed by atoms with E-state index in [4.69, 9.17) is 5.26 Å². The maximum absolute atomic E-state index is 15.0. The van der Waals surface area contributed by atoms with E-state index in [0.717, 1.165) is 36.8 Å². The topological polar surface area (TPSA) is 23.8 Å². The van der Waals surface area contributed by atoms with E-state index in [1.165, 1.54) is 6.42 Å². The Balaban J connectivity index is 2.04. The fourth-order valence-corrected chi connectivity index (χ4v) is 3.42. The highest BCUT2D eigenvalue weighted by molar-refractivity contribution is 5.44. The molecule has 0 amide bonds. The summed E-state index contributed by atoms with van der Waals surface area (Å²) in [5.74, 6) is 0.0441. The van der Waals surface area contributed by atoms with Crippen LogP contribution in [-0.4, -0.2) is 5.67 Å². The van der Waals surface area contributed by atoms with Gasteiger partial charge in [-0.1, -0.05) is 18.6 Å². The van der Waals surface area contributed by atoms with Crippen molar-refractivity contribution in [2.24, 2.45) is 11.8 Å². The summed E-state index contributed by atoms with van der Waals surface area (Å²) in [7, 11) is 0. The molecule has 4 bridgehead atoms. The Bertz CT molecular complexity index is 389. The highest BCUT2D eigenvalue weighted by Gasteiger charge is 2.49. The quantitative estimate of drug-likeness (QED) is 0.568. The Morgan fingerprint density at radius 3 is 2.38 bits per heavy atom. The third kappa shape index (κ3) is 1.27. The lowest BCUT2D eigenvalue weighted by atomic mass is 9.62. The number of rotatable bonds is 0. The van der Waals surface area contributed by atoms with E-state index in [1.807, 2.05) is 12.2 Å². The number of hydrogen-bond acceptors (Lipinski definition) is 1. The summed E-state index contributed by atoms with van der Waals surface area (Å²) < 4.78 is 15.0. The van der Waals surface area contributed by atoms with Crippen LogP contribution in [0.25, 0.3) is 0 Å². The molecule has 4 aliphatic carbocycles. The smallest absolute Gasteiger partial charge is 0.154 e. The van der Waals surface area contributed by atoms with E-state index in [-0.39, 0.29) is 11.8 Å².